The Morgan fingerprint density at radius 2 is 1.79 bits per heavy atom. The second-order valence-electron chi connectivity index (χ2n) is 6.60. The van der Waals surface area contributed by atoms with Crippen molar-refractivity contribution < 1.29 is 4.79 Å². The molecule has 1 fully saturated rings. The predicted molar refractivity (Wildman–Crippen MR) is 95.9 cm³/mol. The zero-order valence-corrected chi connectivity index (χ0v) is 13.8. The van der Waals surface area contributed by atoms with Gasteiger partial charge in [0.05, 0.1) is 11.7 Å². The Balaban J connectivity index is 1.56. The third-order valence-electron chi connectivity index (χ3n) is 5.10. The first-order valence-electron chi connectivity index (χ1n) is 8.53. The van der Waals surface area contributed by atoms with Crippen LogP contribution in [0.25, 0.3) is 22.0 Å². The van der Waals surface area contributed by atoms with E-state index < -0.39 is 0 Å². The van der Waals surface area contributed by atoms with Crippen LogP contribution in [-0.4, -0.2) is 34.1 Å². The molecule has 3 aromatic rings. The molecule has 24 heavy (non-hydrogen) atoms. The van der Waals surface area contributed by atoms with Gasteiger partial charge in [-0.3, -0.25) is 9.89 Å². The van der Waals surface area contributed by atoms with Crippen LogP contribution >= 0.6 is 0 Å². The van der Waals surface area contributed by atoms with E-state index in [9.17, 15) is 4.79 Å². The molecule has 0 spiro atoms. The summed E-state index contributed by atoms with van der Waals surface area (Å²) in [6.45, 7) is 0. The van der Waals surface area contributed by atoms with Crippen molar-refractivity contribution in [3.63, 3.8) is 0 Å². The second kappa shape index (κ2) is 6.11. The number of aromatic amines is 1. The largest absolute Gasteiger partial charge is 0.339 e. The smallest absolute Gasteiger partial charge is 0.253 e. The quantitative estimate of drug-likeness (QED) is 0.785. The summed E-state index contributed by atoms with van der Waals surface area (Å²) in [5, 5.41) is 8.15. The molecular formula is C20H21N3O. The van der Waals surface area contributed by atoms with E-state index in [0.717, 1.165) is 40.4 Å². The number of carbonyl (C=O) groups excluding carboxylic acids is 1. The van der Waals surface area contributed by atoms with Crippen LogP contribution in [0, 0.1) is 0 Å². The SMILES string of the molecule is CN(C(=O)c1ccc(-c2ccc3cn[nH]c3c2)cc1)C1CCCC1. The van der Waals surface area contributed by atoms with Crippen molar-refractivity contribution in [3.8, 4) is 11.1 Å². The van der Waals surface area contributed by atoms with Gasteiger partial charge >= 0.3 is 0 Å². The molecule has 0 radical (unpaired) electrons. The summed E-state index contributed by atoms with van der Waals surface area (Å²) in [5.74, 6) is 0.123. The van der Waals surface area contributed by atoms with Crippen LogP contribution in [0.5, 0.6) is 0 Å². The number of fused-ring (bicyclic) bond motifs is 1. The molecule has 4 rings (SSSR count). The average molecular weight is 319 g/mol. The first kappa shape index (κ1) is 14.9. The lowest BCUT2D eigenvalue weighted by atomic mass is 10.0. The van der Waals surface area contributed by atoms with Crippen LogP contribution in [0.15, 0.2) is 48.7 Å². The Morgan fingerprint density at radius 3 is 2.54 bits per heavy atom. The molecule has 1 saturated carbocycles. The molecule has 1 heterocycles. The van der Waals surface area contributed by atoms with Crippen LogP contribution in [0.4, 0.5) is 0 Å². The van der Waals surface area contributed by atoms with E-state index in [-0.39, 0.29) is 5.91 Å². The Hall–Kier alpha value is -2.62. The Kier molecular flexibility index (Phi) is 3.81. The van der Waals surface area contributed by atoms with Crippen LogP contribution in [-0.2, 0) is 0 Å². The van der Waals surface area contributed by atoms with Gasteiger partial charge in [0.1, 0.15) is 0 Å². The minimum Gasteiger partial charge on any atom is -0.339 e. The number of aromatic nitrogens is 2. The third-order valence-corrected chi connectivity index (χ3v) is 5.10. The molecular weight excluding hydrogens is 298 g/mol. The average Bonchev–Trinajstić information content (AvgIpc) is 3.31. The zero-order valence-electron chi connectivity index (χ0n) is 13.8. The first-order valence-corrected chi connectivity index (χ1v) is 8.53. The van der Waals surface area contributed by atoms with E-state index >= 15 is 0 Å². The minimum absolute atomic E-state index is 0.123. The van der Waals surface area contributed by atoms with Crippen molar-refractivity contribution >= 4 is 16.8 Å². The molecule has 1 amide bonds. The molecule has 0 bridgehead atoms. The van der Waals surface area contributed by atoms with Crippen molar-refractivity contribution in [3.05, 3.63) is 54.2 Å². The highest BCUT2D eigenvalue weighted by Gasteiger charge is 2.24. The van der Waals surface area contributed by atoms with Crippen molar-refractivity contribution in [2.45, 2.75) is 31.7 Å². The third kappa shape index (κ3) is 2.68. The number of H-pyrrole nitrogens is 1. The number of hydrogen-bond donors (Lipinski definition) is 1. The van der Waals surface area contributed by atoms with Gasteiger partial charge in [-0.05, 0) is 42.2 Å². The minimum atomic E-state index is 0.123. The Labute approximate surface area is 141 Å². The van der Waals surface area contributed by atoms with Crippen LogP contribution in [0.3, 0.4) is 0 Å². The van der Waals surface area contributed by atoms with Gasteiger partial charge in [0.2, 0.25) is 0 Å². The highest BCUT2D eigenvalue weighted by Crippen LogP contribution is 2.26. The summed E-state index contributed by atoms with van der Waals surface area (Å²) in [4.78, 5) is 14.5. The van der Waals surface area contributed by atoms with Gasteiger partial charge in [-0.25, -0.2) is 0 Å². The van der Waals surface area contributed by atoms with Crippen molar-refractivity contribution in [2.24, 2.45) is 0 Å². The lowest BCUT2D eigenvalue weighted by molar-refractivity contribution is 0.0735. The fraction of sp³-hybridized carbons (Fsp3) is 0.300. The Bertz CT molecular complexity index is 860. The van der Waals surface area contributed by atoms with E-state index in [1.54, 1.807) is 0 Å². The van der Waals surface area contributed by atoms with E-state index in [4.69, 9.17) is 0 Å². The first-order chi connectivity index (χ1) is 11.7. The predicted octanol–water partition coefficient (Wildman–Crippen LogP) is 4.24. The number of carbonyl (C=O) groups is 1. The van der Waals surface area contributed by atoms with E-state index in [0.29, 0.717) is 6.04 Å². The molecule has 122 valence electrons. The molecule has 0 unspecified atom stereocenters. The van der Waals surface area contributed by atoms with Gasteiger partial charge in [0.15, 0.2) is 0 Å². The van der Waals surface area contributed by atoms with E-state index in [2.05, 4.69) is 28.4 Å². The van der Waals surface area contributed by atoms with Crippen molar-refractivity contribution in [2.75, 3.05) is 7.05 Å². The molecule has 4 heteroatoms. The van der Waals surface area contributed by atoms with E-state index in [1.807, 2.05) is 42.4 Å². The fourth-order valence-electron chi connectivity index (χ4n) is 3.58. The number of benzene rings is 2. The maximum atomic E-state index is 12.6. The maximum Gasteiger partial charge on any atom is 0.253 e. The summed E-state index contributed by atoms with van der Waals surface area (Å²) < 4.78 is 0. The summed E-state index contributed by atoms with van der Waals surface area (Å²) in [6, 6.07) is 14.5. The van der Waals surface area contributed by atoms with Gasteiger partial charge in [-0.15, -0.1) is 0 Å². The van der Waals surface area contributed by atoms with E-state index in [1.165, 1.54) is 12.8 Å². The maximum absolute atomic E-state index is 12.6. The highest BCUT2D eigenvalue weighted by molar-refractivity contribution is 5.95. The fourth-order valence-corrected chi connectivity index (χ4v) is 3.58. The second-order valence-corrected chi connectivity index (χ2v) is 6.60. The molecule has 1 aliphatic carbocycles. The van der Waals surface area contributed by atoms with Crippen LogP contribution in [0.2, 0.25) is 0 Å². The van der Waals surface area contributed by atoms with Gasteiger partial charge < -0.3 is 4.90 Å². The molecule has 1 aromatic heterocycles. The van der Waals surface area contributed by atoms with Crippen LogP contribution < -0.4 is 0 Å². The topological polar surface area (TPSA) is 49.0 Å². The lowest BCUT2D eigenvalue weighted by Gasteiger charge is -2.24. The summed E-state index contributed by atoms with van der Waals surface area (Å²) in [5.41, 5.74) is 4.01. The normalized spacial score (nSPS) is 15.0. The lowest BCUT2D eigenvalue weighted by Crippen LogP contribution is -2.35. The van der Waals surface area contributed by atoms with Gasteiger partial charge in [-0.2, -0.15) is 5.10 Å². The molecule has 1 aliphatic rings. The molecule has 4 nitrogen and oxygen atoms in total. The highest BCUT2D eigenvalue weighted by atomic mass is 16.2. The Morgan fingerprint density at radius 1 is 1.08 bits per heavy atom. The van der Waals surface area contributed by atoms with Crippen molar-refractivity contribution in [1.29, 1.82) is 0 Å². The van der Waals surface area contributed by atoms with Gasteiger partial charge in [-0.1, -0.05) is 37.1 Å². The molecule has 2 aromatic carbocycles. The number of nitrogens with one attached hydrogen (secondary N) is 1. The molecule has 1 N–H and O–H groups in total. The summed E-state index contributed by atoms with van der Waals surface area (Å²) in [7, 11) is 1.93. The summed E-state index contributed by atoms with van der Waals surface area (Å²) >= 11 is 0. The standard InChI is InChI=1S/C20H21N3O/c1-23(18-4-2-3-5-18)20(24)15-8-6-14(7-9-15)16-10-11-17-13-21-22-19(17)12-16/h6-13,18H,2-5H2,1H3,(H,21,22). The van der Waals surface area contributed by atoms with Crippen molar-refractivity contribution in [1.82, 2.24) is 15.1 Å². The molecule has 0 atom stereocenters. The monoisotopic (exact) mass is 319 g/mol. The van der Waals surface area contributed by atoms with Gasteiger partial charge in [0.25, 0.3) is 5.91 Å². The summed E-state index contributed by atoms with van der Waals surface area (Å²) in [6.07, 6.45) is 6.55. The number of rotatable bonds is 3. The van der Waals surface area contributed by atoms with Gasteiger partial charge in [0, 0.05) is 24.0 Å². The number of amides is 1. The number of nitrogens with zero attached hydrogens (tertiary/aromatic N) is 2. The van der Waals surface area contributed by atoms with Crippen LogP contribution in [0.1, 0.15) is 36.0 Å². The molecule has 0 saturated heterocycles. The molecule has 0 aliphatic heterocycles. The number of hydrogen-bond acceptors (Lipinski definition) is 2. The zero-order chi connectivity index (χ0) is 16.5.